The summed E-state index contributed by atoms with van der Waals surface area (Å²) in [6, 6.07) is 2.69. The predicted octanol–water partition coefficient (Wildman–Crippen LogP) is 0.612. The molecule has 3 rings (SSSR count). The largest absolute Gasteiger partial charge is 0.482 e. The molecule has 1 aromatic carbocycles. The smallest absolute Gasteiger partial charge is 0.422 e. The monoisotopic (exact) mass is 594 g/mol. The Morgan fingerprint density at radius 1 is 1.10 bits per heavy atom. The number of alkyl halides is 3. The average Bonchev–Trinajstić information content (AvgIpc) is 2.88. The van der Waals surface area contributed by atoms with Crippen LogP contribution in [0, 0.1) is 5.82 Å². The first-order valence-electron chi connectivity index (χ1n) is 12.1. The Hall–Kier alpha value is -3.96. The summed E-state index contributed by atoms with van der Waals surface area (Å²) in [5.41, 5.74) is -1.74. The van der Waals surface area contributed by atoms with Gasteiger partial charge in [0.15, 0.2) is 18.4 Å². The van der Waals surface area contributed by atoms with Gasteiger partial charge < -0.3 is 35.4 Å². The summed E-state index contributed by atoms with van der Waals surface area (Å²) in [7, 11) is 0. The average molecular weight is 595 g/mol. The molecule has 0 spiro atoms. The Kier molecular flexibility index (Phi) is 11.4. The van der Waals surface area contributed by atoms with Crippen LogP contribution < -0.4 is 15.0 Å². The first-order valence-corrected chi connectivity index (χ1v) is 12.1. The van der Waals surface area contributed by atoms with Crippen LogP contribution in [-0.4, -0.2) is 118 Å². The number of amides is 3. The molecule has 0 bridgehead atoms. The zero-order chi connectivity index (χ0) is 31.0. The molecule has 2 aliphatic heterocycles. The Morgan fingerprint density at radius 3 is 2.22 bits per heavy atom. The molecule has 0 aromatic heterocycles. The third-order valence-electron chi connectivity index (χ3n) is 5.97. The number of carboxylic acid groups (broad SMARTS) is 2. The Bertz CT molecular complexity index is 1120. The van der Waals surface area contributed by atoms with Gasteiger partial charge in [0.1, 0.15) is 11.6 Å². The highest BCUT2D eigenvalue weighted by Crippen LogP contribution is 2.31. The summed E-state index contributed by atoms with van der Waals surface area (Å²) in [6.07, 6.45) is -4.69. The topological polar surface area (TPSA) is 180 Å². The molecule has 0 unspecified atom stereocenters. The van der Waals surface area contributed by atoms with Crippen molar-refractivity contribution in [2.24, 2.45) is 0 Å². The normalized spacial score (nSPS) is 21.8. The van der Waals surface area contributed by atoms with Gasteiger partial charge in [0.05, 0.1) is 5.69 Å². The lowest BCUT2D eigenvalue weighted by Gasteiger charge is -2.39. The maximum absolute atomic E-state index is 13.5. The van der Waals surface area contributed by atoms with Crippen LogP contribution in [0.3, 0.4) is 0 Å². The van der Waals surface area contributed by atoms with Gasteiger partial charge in [0.2, 0.25) is 0 Å². The number of anilines is 1. The summed E-state index contributed by atoms with van der Waals surface area (Å²) < 4.78 is 55.9. The van der Waals surface area contributed by atoms with Crippen molar-refractivity contribution < 1.29 is 61.9 Å². The van der Waals surface area contributed by atoms with Gasteiger partial charge in [-0.3, -0.25) is 14.6 Å². The fraction of sp³-hybridized carbons (Fsp3) is 0.500. The first-order chi connectivity index (χ1) is 19.0. The number of nitrogens with zero attached hydrogens (tertiary/aromatic N) is 3. The minimum absolute atomic E-state index is 0.0428. The zero-order valence-electron chi connectivity index (χ0n) is 21.8. The van der Waals surface area contributed by atoms with Crippen molar-refractivity contribution in [2.75, 3.05) is 50.8 Å². The fourth-order valence-electron chi connectivity index (χ4n) is 3.85. The summed E-state index contributed by atoms with van der Waals surface area (Å²) >= 11 is 0. The molecule has 0 radical (unpaired) electrons. The number of carboxylic acids is 2. The van der Waals surface area contributed by atoms with Gasteiger partial charge >= 0.3 is 24.1 Å². The SMILES string of the molecule is C[C@@]1(O)C(=O)N(CCCN2CCN(c3ccc(F)cc3OCC(F)(F)F)CC2)C(=O)N[C@H]1O.O=C(O)/C=C/C(=O)O. The second-order valence-electron chi connectivity index (χ2n) is 9.16. The lowest BCUT2D eigenvalue weighted by Crippen LogP contribution is -2.68. The van der Waals surface area contributed by atoms with E-state index in [2.05, 4.69) is 10.2 Å². The van der Waals surface area contributed by atoms with E-state index in [1.54, 1.807) is 0 Å². The van der Waals surface area contributed by atoms with Crippen molar-refractivity contribution in [3.63, 3.8) is 0 Å². The third-order valence-corrected chi connectivity index (χ3v) is 5.97. The molecular weight excluding hydrogens is 564 g/mol. The molecule has 41 heavy (non-hydrogen) atoms. The van der Waals surface area contributed by atoms with Gasteiger partial charge in [-0.2, -0.15) is 13.2 Å². The molecule has 2 aliphatic rings. The quantitative estimate of drug-likeness (QED) is 0.200. The molecule has 0 aliphatic carbocycles. The number of nitrogens with one attached hydrogen (secondary N) is 1. The van der Waals surface area contributed by atoms with Crippen molar-refractivity contribution in [2.45, 2.75) is 31.3 Å². The van der Waals surface area contributed by atoms with Crippen molar-refractivity contribution in [1.29, 1.82) is 0 Å². The van der Waals surface area contributed by atoms with E-state index in [9.17, 15) is 47.0 Å². The van der Waals surface area contributed by atoms with Gasteiger partial charge in [-0.1, -0.05) is 0 Å². The minimum atomic E-state index is -4.54. The van der Waals surface area contributed by atoms with Crippen LogP contribution in [0.25, 0.3) is 0 Å². The van der Waals surface area contributed by atoms with Crippen LogP contribution in [0.5, 0.6) is 5.75 Å². The molecule has 1 aromatic rings. The molecular formula is C24H30F4N4O9. The second-order valence-corrected chi connectivity index (χ2v) is 9.16. The predicted molar refractivity (Wildman–Crippen MR) is 133 cm³/mol. The van der Waals surface area contributed by atoms with Crippen molar-refractivity contribution >= 4 is 29.6 Å². The standard InChI is InChI=1S/C20H26F4N4O5.C4H4O4/c1-19(32)16(29)25-18(31)28(17(19)30)6-2-5-26-7-9-27(10-8-26)14-4-3-13(21)11-15(14)33-12-20(22,23)24;5-3(6)1-2-4(7)8/h3-4,11,16,29,32H,2,5-10,12H2,1H3,(H,25,31);1-2H,(H,5,6)(H,7,8)/b;2-1+/t16-,19-;/m0./s1. The summed E-state index contributed by atoms with van der Waals surface area (Å²) in [5.74, 6) is -4.27. The molecule has 228 valence electrons. The van der Waals surface area contributed by atoms with E-state index in [4.69, 9.17) is 14.9 Å². The van der Waals surface area contributed by atoms with E-state index < -0.39 is 54.3 Å². The number of carbonyl (C=O) groups excluding carboxylic acids is 2. The number of benzene rings is 1. The molecule has 0 saturated carbocycles. The third kappa shape index (κ3) is 10.2. The van der Waals surface area contributed by atoms with Crippen LogP contribution in [0.2, 0.25) is 0 Å². The highest BCUT2D eigenvalue weighted by molar-refractivity contribution is 6.01. The van der Waals surface area contributed by atoms with Crippen LogP contribution in [0.15, 0.2) is 30.4 Å². The van der Waals surface area contributed by atoms with Gasteiger partial charge in [-0.05, 0) is 32.0 Å². The van der Waals surface area contributed by atoms with Crippen LogP contribution in [-0.2, 0) is 14.4 Å². The van der Waals surface area contributed by atoms with E-state index in [-0.39, 0.29) is 12.3 Å². The summed E-state index contributed by atoms with van der Waals surface area (Å²) in [6.45, 7) is 2.18. The van der Waals surface area contributed by atoms with Crippen LogP contribution >= 0.6 is 0 Å². The van der Waals surface area contributed by atoms with Crippen molar-refractivity contribution in [3.05, 3.63) is 36.2 Å². The number of ether oxygens (including phenoxy) is 1. The molecule has 13 nitrogen and oxygen atoms in total. The summed E-state index contributed by atoms with van der Waals surface area (Å²) in [4.78, 5) is 48.0. The number of aliphatic hydroxyl groups excluding tert-OH is 1. The van der Waals surface area contributed by atoms with Crippen LogP contribution in [0.4, 0.5) is 28.0 Å². The van der Waals surface area contributed by atoms with E-state index in [0.717, 1.165) is 24.0 Å². The number of carbonyl (C=O) groups is 4. The van der Waals surface area contributed by atoms with Gasteiger partial charge in [-0.25, -0.2) is 18.8 Å². The molecule has 2 saturated heterocycles. The van der Waals surface area contributed by atoms with E-state index in [1.165, 1.54) is 6.07 Å². The van der Waals surface area contributed by atoms with E-state index >= 15 is 0 Å². The van der Waals surface area contributed by atoms with E-state index in [1.807, 2.05) is 4.90 Å². The Balaban J connectivity index is 0.000000642. The number of hydrogen-bond donors (Lipinski definition) is 5. The number of imide groups is 1. The second kappa shape index (κ2) is 14.1. The number of aliphatic hydroxyl groups is 2. The number of aliphatic carboxylic acids is 2. The first kappa shape index (κ1) is 33.2. The molecule has 5 N–H and O–H groups in total. The lowest BCUT2D eigenvalue weighted by atomic mass is 10.0. The van der Waals surface area contributed by atoms with Crippen molar-refractivity contribution in [3.8, 4) is 5.75 Å². The summed E-state index contributed by atoms with van der Waals surface area (Å²) in [5, 5.41) is 37.4. The highest BCUT2D eigenvalue weighted by Gasteiger charge is 2.48. The fourth-order valence-corrected chi connectivity index (χ4v) is 3.85. The van der Waals surface area contributed by atoms with Gasteiger partial charge in [0.25, 0.3) is 5.91 Å². The molecule has 2 atom stereocenters. The Morgan fingerprint density at radius 2 is 1.68 bits per heavy atom. The van der Waals surface area contributed by atoms with Crippen LogP contribution in [0.1, 0.15) is 13.3 Å². The van der Waals surface area contributed by atoms with Gasteiger partial charge in [-0.15, -0.1) is 0 Å². The highest BCUT2D eigenvalue weighted by atomic mass is 19.4. The maximum Gasteiger partial charge on any atom is 0.422 e. The molecule has 2 fully saturated rings. The number of piperazine rings is 1. The minimum Gasteiger partial charge on any atom is -0.482 e. The molecule has 2 heterocycles. The van der Waals surface area contributed by atoms with Gasteiger partial charge in [0, 0.05) is 50.9 Å². The maximum atomic E-state index is 13.5. The number of halogens is 4. The number of urea groups is 1. The zero-order valence-corrected chi connectivity index (χ0v) is 21.8. The number of rotatable bonds is 9. The van der Waals surface area contributed by atoms with Crippen molar-refractivity contribution in [1.82, 2.24) is 15.1 Å². The Labute approximate surface area is 231 Å². The van der Waals surface area contributed by atoms with E-state index in [0.29, 0.717) is 57.0 Å². The number of hydrogen-bond acceptors (Lipinski definition) is 9. The lowest BCUT2D eigenvalue weighted by molar-refractivity contribution is -0.165. The molecule has 17 heteroatoms. The molecule has 3 amide bonds.